The first-order valence-corrected chi connectivity index (χ1v) is 10.8. The van der Waals surface area contributed by atoms with E-state index in [1.807, 2.05) is 6.07 Å². The van der Waals surface area contributed by atoms with Gasteiger partial charge in [0.15, 0.2) is 0 Å². The summed E-state index contributed by atoms with van der Waals surface area (Å²) in [6.07, 6.45) is 6.28. The molecule has 23 heavy (non-hydrogen) atoms. The number of carbonyl (C=O) groups excluding carboxylic acids is 1. The summed E-state index contributed by atoms with van der Waals surface area (Å²) < 4.78 is 25.8. The molecule has 5 nitrogen and oxygen atoms in total. The summed E-state index contributed by atoms with van der Waals surface area (Å²) in [6, 6.07) is 4.14. The van der Waals surface area contributed by atoms with Crippen LogP contribution < -0.4 is 5.32 Å². The van der Waals surface area contributed by atoms with Gasteiger partial charge >= 0.3 is 0 Å². The number of thiophene rings is 1. The summed E-state index contributed by atoms with van der Waals surface area (Å²) in [4.78, 5) is 13.1. The van der Waals surface area contributed by atoms with E-state index in [0.717, 1.165) is 38.5 Å². The molecule has 1 aliphatic rings. The molecule has 2 heterocycles. The van der Waals surface area contributed by atoms with Crippen LogP contribution in [0.25, 0.3) is 0 Å². The summed E-state index contributed by atoms with van der Waals surface area (Å²) in [5, 5.41) is 4.79. The first-order chi connectivity index (χ1) is 11.1. The Kier molecular flexibility index (Phi) is 7.52. The zero-order chi connectivity index (χ0) is 16.5. The van der Waals surface area contributed by atoms with Gasteiger partial charge in [0.1, 0.15) is 0 Å². The topological polar surface area (TPSA) is 66.5 Å². The third kappa shape index (κ3) is 6.61. The van der Waals surface area contributed by atoms with Gasteiger partial charge in [0.25, 0.3) is 0 Å². The van der Waals surface area contributed by atoms with Gasteiger partial charge in [-0.2, -0.15) is 0 Å². The van der Waals surface area contributed by atoms with E-state index < -0.39 is 10.0 Å². The van der Waals surface area contributed by atoms with E-state index in [-0.39, 0.29) is 18.2 Å². The van der Waals surface area contributed by atoms with Crippen molar-refractivity contribution in [2.24, 2.45) is 0 Å². The van der Waals surface area contributed by atoms with Crippen molar-refractivity contribution in [2.75, 3.05) is 25.4 Å². The Morgan fingerprint density at radius 1 is 1.22 bits per heavy atom. The monoisotopic (exact) mass is 358 g/mol. The molecule has 0 unspecified atom stereocenters. The average molecular weight is 359 g/mol. The van der Waals surface area contributed by atoms with E-state index >= 15 is 0 Å². The summed E-state index contributed by atoms with van der Waals surface area (Å²) in [6.45, 7) is 1.46. The highest BCUT2D eigenvalue weighted by atomic mass is 32.2. The third-order valence-electron chi connectivity index (χ3n) is 4.05. The van der Waals surface area contributed by atoms with E-state index in [1.54, 1.807) is 15.6 Å². The SMILES string of the molecule is O=C(CCCCc1cccs1)NCCS(=O)(=O)N1CCCCC1. The number of rotatable bonds is 9. The van der Waals surface area contributed by atoms with Crippen LogP contribution in [-0.4, -0.2) is 44.0 Å². The molecule has 0 aromatic carbocycles. The highest BCUT2D eigenvalue weighted by Crippen LogP contribution is 2.14. The van der Waals surface area contributed by atoms with Gasteiger partial charge < -0.3 is 5.32 Å². The largest absolute Gasteiger partial charge is 0.355 e. The lowest BCUT2D eigenvalue weighted by Crippen LogP contribution is -2.40. The molecular formula is C16H26N2O3S2. The fourth-order valence-corrected chi connectivity index (χ4v) is 4.90. The quantitative estimate of drug-likeness (QED) is 0.689. The Hall–Kier alpha value is -0.920. The fraction of sp³-hybridized carbons (Fsp3) is 0.688. The molecule has 1 saturated heterocycles. The maximum Gasteiger partial charge on any atom is 0.220 e. The molecule has 0 saturated carbocycles. The van der Waals surface area contributed by atoms with Crippen molar-refractivity contribution in [1.29, 1.82) is 0 Å². The second kappa shape index (κ2) is 9.39. The molecule has 2 rings (SSSR count). The lowest BCUT2D eigenvalue weighted by molar-refractivity contribution is -0.121. The molecule has 0 spiro atoms. The van der Waals surface area contributed by atoms with Crippen LogP contribution in [0.1, 0.15) is 43.4 Å². The number of amides is 1. The molecule has 0 aliphatic carbocycles. The van der Waals surface area contributed by atoms with Gasteiger partial charge in [-0.25, -0.2) is 12.7 Å². The molecule has 1 fully saturated rings. The molecule has 1 N–H and O–H groups in total. The van der Waals surface area contributed by atoms with Gasteiger partial charge in [-0.15, -0.1) is 11.3 Å². The van der Waals surface area contributed by atoms with Crippen molar-refractivity contribution >= 4 is 27.3 Å². The zero-order valence-corrected chi connectivity index (χ0v) is 15.1. The van der Waals surface area contributed by atoms with Gasteiger partial charge in [-0.05, 0) is 43.6 Å². The first-order valence-electron chi connectivity index (χ1n) is 8.35. The molecule has 0 radical (unpaired) electrons. The van der Waals surface area contributed by atoms with Gasteiger partial charge in [0, 0.05) is 30.9 Å². The number of nitrogens with zero attached hydrogens (tertiary/aromatic N) is 1. The summed E-state index contributed by atoms with van der Waals surface area (Å²) in [7, 11) is -3.21. The maximum atomic E-state index is 12.1. The Bertz CT molecular complexity index is 564. The van der Waals surface area contributed by atoms with Crippen molar-refractivity contribution in [2.45, 2.75) is 44.9 Å². The molecule has 1 amide bonds. The van der Waals surface area contributed by atoms with Crippen LogP contribution in [0.3, 0.4) is 0 Å². The number of piperidine rings is 1. The number of hydrogen-bond acceptors (Lipinski definition) is 4. The normalized spacial score (nSPS) is 16.3. The third-order valence-corrected chi connectivity index (χ3v) is 6.86. The van der Waals surface area contributed by atoms with Crippen LogP contribution in [0.5, 0.6) is 0 Å². The van der Waals surface area contributed by atoms with Crippen molar-refractivity contribution in [3.05, 3.63) is 22.4 Å². The predicted molar refractivity (Wildman–Crippen MR) is 94.1 cm³/mol. The minimum absolute atomic E-state index is 0.00787. The molecule has 0 bridgehead atoms. The van der Waals surface area contributed by atoms with E-state index in [1.165, 1.54) is 4.88 Å². The number of nitrogens with one attached hydrogen (secondary N) is 1. The number of hydrogen-bond donors (Lipinski definition) is 1. The lowest BCUT2D eigenvalue weighted by Gasteiger charge is -2.25. The second-order valence-electron chi connectivity index (χ2n) is 5.91. The molecule has 1 aliphatic heterocycles. The van der Waals surface area contributed by atoms with Crippen molar-refractivity contribution in [3.63, 3.8) is 0 Å². The van der Waals surface area contributed by atoms with Gasteiger partial charge in [0.2, 0.25) is 15.9 Å². The van der Waals surface area contributed by atoms with E-state index in [4.69, 9.17) is 0 Å². The van der Waals surface area contributed by atoms with Crippen molar-refractivity contribution in [3.8, 4) is 0 Å². The van der Waals surface area contributed by atoms with Gasteiger partial charge in [-0.1, -0.05) is 12.5 Å². The van der Waals surface area contributed by atoms with Gasteiger partial charge in [-0.3, -0.25) is 4.79 Å². The Morgan fingerprint density at radius 3 is 2.70 bits per heavy atom. The second-order valence-corrected chi connectivity index (χ2v) is 9.03. The smallest absolute Gasteiger partial charge is 0.220 e. The number of sulfonamides is 1. The maximum absolute atomic E-state index is 12.1. The van der Waals surface area contributed by atoms with Crippen LogP contribution in [0.15, 0.2) is 17.5 Å². The van der Waals surface area contributed by atoms with Crippen LogP contribution >= 0.6 is 11.3 Å². The Labute approximate surface area is 143 Å². The summed E-state index contributed by atoms with van der Waals surface area (Å²) >= 11 is 1.74. The number of carbonyl (C=O) groups is 1. The van der Waals surface area contributed by atoms with Crippen molar-refractivity contribution in [1.82, 2.24) is 9.62 Å². The molecule has 130 valence electrons. The highest BCUT2D eigenvalue weighted by Gasteiger charge is 2.23. The molecule has 1 aromatic rings. The Morgan fingerprint density at radius 2 is 2.00 bits per heavy atom. The average Bonchev–Trinajstić information content (AvgIpc) is 3.06. The summed E-state index contributed by atoms with van der Waals surface area (Å²) in [5.41, 5.74) is 0. The predicted octanol–water partition coefficient (Wildman–Crippen LogP) is 2.39. The van der Waals surface area contributed by atoms with Crippen LogP contribution in [0.2, 0.25) is 0 Å². The fourth-order valence-electron chi connectivity index (χ4n) is 2.72. The number of aryl methyl sites for hydroxylation is 1. The summed E-state index contributed by atoms with van der Waals surface area (Å²) in [5.74, 6) is -0.0430. The molecular weight excluding hydrogens is 332 g/mol. The van der Waals surface area contributed by atoms with E-state index in [9.17, 15) is 13.2 Å². The molecule has 7 heteroatoms. The molecule has 1 aromatic heterocycles. The highest BCUT2D eigenvalue weighted by molar-refractivity contribution is 7.89. The van der Waals surface area contributed by atoms with Crippen LogP contribution in [-0.2, 0) is 21.2 Å². The van der Waals surface area contributed by atoms with Crippen LogP contribution in [0, 0.1) is 0 Å². The zero-order valence-electron chi connectivity index (χ0n) is 13.5. The standard InChI is InChI=1S/C16H26N2O3S2/c19-16(9-3-2-7-15-8-6-13-22-15)17-10-14-23(20,21)18-11-4-1-5-12-18/h6,8,13H,1-5,7,9-12,14H2,(H,17,19). The molecule has 0 atom stereocenters. The minimum Gasteiger partial charge on any atom is -0.355 e. The van der Waals surface area contributed by atoms with E-state index in [0.29, 0.717) is 19.5 Å². The van der Waals surface area contributed by atoms with E-state index in [2.05, 4.69) is 16.8 Å². The van der Waals surface area contributed by atoms with Crippen molar-refractivity contribution < 1.29 is 13.2 Å². The Balaban J connectivity index is 1.57. The van der Waals surface area contributed by atoms with Crippen LogP contribution in [0.4, 0.5) is 0 Å². The minimum atomic E-state index is -3.21. The number of unbranched alkanes of at least 4 members (excludes halogenated alkanes) is 1. The first kappa shape index (κ1) is 18.4. The van der Waals surface area contributed by atoms with Gasteiger partial charge in [0.05, 0.1) is 5.75 Å². The lowest BCUT2D eigenvalue weighted by atomic mass is 10.1.